The second-order valence-corrected chi connectivity index (χ2v) is 7.68. The van der Waals surface area contributed by atoms with Gasteiger partial charge in [-0.1, -0.05) is 30.3 Å². The normalized spacial score (nSPS) is 17.9. The van der Waals surface area contributed by atoms with Gasteiger partial charge in [-0.3, -0.25) is 9.59 Å². The number of carbonyl (C=O) groups is 1. The maximum atomic E-state index is 13.5. The molecule has 2 saturated heterocycles. The van der Waals surface area contributed by atoms with Crippen molar-refractivity contribution in [2.75, 3.05) is 33.4 Å². The van der Waals surface area contributed by atoms with Gasteiger partial charge in [0.25, 0.3) is 11.5 Å². The number of benzene rings is 2. The monoisotopic (exact) mass is 421 g/mol. The molecule has 31 heavy (non-hydrogen) atoms. The van der Waals surface area contributed by atoms with Gasteiger partial charge in [0, 0.05) is 31.3 Å². The third-order valence-electron chi connectivity index (χ3n) is 5.95. The number of methoxy groups -OCH3 is 1. The number of carbonyl (C=O) groups excluding carboxylic acids is 1. The van der Waals surface area contributed by atoms with Crippen molar-refractivity contribution >= 4 is 16.7 Å². The van der Waals surface area contributed by atoms with Gasteiger partial charge in [0.05, 0.1) is 25.7 Å². The molecular weight excluding hydrogens is 398 g/mol. The van der Waals surface area contributed by atoms with Crippen molar-refractivity contribution < 1.29 is 19.0 Å². The molecule has 1 aromatic heterocycles. The summed E-state index contributed by atoms with van der Waals surface area (Å²) in [6.07, 6.45) is 1.23. The number of likely N-dealkylation sites (tertiary alicyclic amines) is 1. The standard InChI is InChI=1S/C23H23N3O5/c1-29-19-9-5-4-8-18(19)26-21(27)17-7-3-2-6-16(17)20(24-26)22(28)25-12-10-23(11-13-25)30-14-15-31-23/h2-9H,10-15H2,1H3. The van der Waals surface area contributed by atoms with E-state index in [-0.39, 0.29) is 17.2 Å². The lowest BCUT2D eigenvalue weighted by molar-refractivity contribution is -0.181. The second-order valence-electron chi connectivity index (χ2n) is 7.68. The van der Waals surface area contributed by atoms with E-state index in [1.165, 1.54) is 11.8 Å². The number of nitrogens with zero attached hydrogens (tertiary/aromatic N) is 3. The number of rotatable bonds is 3. The number of para-hydroxylation sites is 2. The van der Waals surface area contributed by atoms with Crippen LogP contribution in [0.2, 0.25) is 0 Å². The van der Waals surface area contributed by atoms with Crippen molar-refractivity contribution in [3.8, 4) is 11.4 Å². The fraction of sp³-hybridized carbons (Fsp3) is 0.348. The summed E-state index contributed by atoms with van der Waals surface area (Å²) in [5.74, 6) is -0.281. The average molecular weight is 421 g/mol. The number of fused-ring (bicyclic) bond motifs is 1. The van der Waals surface area contributed by atoms with Gasteiger partial charge in [-0.2, -0.15) is 9.78 Å². The largest absolute Gasteiger partial charge is 0.494 e. The van der Waals surface area contributed by atoms with Gasteiger partial charge in [-0.15, -0.1) is 0 Å². The first-order valence-electron chi connectivity index (χ1n) is 10.3. The van der Waals surface area contributed by atoms with E-state index in [2.05, 4.69) is 5.10 Å². The number of hydrogen-bond donors (Lipinski definition) is 0. The lowest BCUT2D eigenvalue weighted by Gasteiger charge is -2.37. The summed E-state index contributed by atoms with van der Waals surface area (Å²) in [6, 6.07) is 14.2. The van der Waals surface area contributed by atoms with Crippen molar-refractivity contribution in [2.45, 2.75) is 18.6 Å². The summed E-state index contributed by atoms with van der Waals surface area (Å²) >= 11 is 0. The number of hydrogen-bond acceptors (Lipinski definition) is 6. The highest BCUT2D eigenvalue weighted by Gasteiger charge is 2.41. The number of piperidine rings is 1. The Morgan fingerprint density at radius 2 is 1.65 bits per heavy atom. The molecule has 1 amide bonds. The Balaban J connectivity index is 1.58. The van der Waals surface area contributed by atoms with Crippen LogP contribution < -0.4 is 10.3 Å². The van der Waals surface area contributed by atoms with Crippen molar-refractivity contribution in [2.24, 2.45) is 0 Å². The van der Waals surface area contributed by atoms with Crippen LogP contribution in [0.25, 0.3) is 16.5 Å². The molecule has 2 aliphatic rings. The van der Waals surface area contributed by atoms with E-state index < -0.39 is 5.79 Å². The van der Waals surface area contributed by atoms with Crippen LogP contribution in [-0.2, 0) is 9.47 Å². The molecule has 8 heteroatoms. The van der Waals surface area contributed by atoms with Gasteiger partial charge in [0.1, 0.15) is 11.4 Å². The summed E-state index contributed by atoms with van der Waals surface area (Å²) < 4.78 is 18.2. The van der Waals surface area contributed by atoms with Crippen LogP contribution in [0.5, 0.6) is 5.75 Å². The first-order valence-corrected chi connectivity index (χ1v) is 10.3. The molecule has 3 heterocycles. The third-order valence-corrected chi connectivity index (χ3v) is 5.95. The van der Waals surface area contributed by atoms with E-state index in [0.717, 1.165) is 0 Å². The Bertz CT molecular complexity index is 1190. The lowest BCUT2D eigenvalue weighted by atomic mass is 10.0. The second kappa shape index (κ2) is 7.79. The van der Waals surface area contributed by atoms with Crippen molar-refractivity contribution in [3.05, 3.63) is 64.6 Å². The zero-order chi connectivity index (χ0) is 21.4. The third kappa shape index (κ3) is 3.37. The number of aromatic nitrogens is 2. The molecule has 5 rings (SSSR count). The van der Waals surface area contributed by atoms with Crippen LogP contribution in [0.1, 0.15) is 23.3 Å². The van der Waals surface area contributed by atoms with Gasteiger partial charge in [0.2, 0.25) is 0 Å². The fourth-order valence-corrected chi connectivity index (χ4v) is 4.30. The summed E-state index contributed by atoms with van der Waals surface area (Å²) in [5.41, 5.74) is 0.424. The van der Waals surface area contributed by atoms with E-state index >= 15 is 0 Å². The van der Waals surface area contributed by atoms with Crippen molar-refractivity contribution in [1.82, 2.24) is 14.7 Å². The minimum absolute atomic E-state index is 0.215. The smallest absolute Gasteiger partial charge is 0.279 e. The minimum Gasteiger partial charge on any atom is -0.494 e. The van der Waals surface area contributed by atoms with E-state index in [1.807, 2.05) is 6.07 Å². The zero-order valence-corrected chi connectivity index (χ0v) is 17.2. The molecule has 8 nitrogen and oxygen atoms in total. The quantitative estimate of drug-likeness (QED) is 0.646. The lowest BCUT2D eigenvalue weighted by Crippen LogP contribution is -2.47. The number of amides is 1. The first-order chi connectivity index (χ1) is 15.1. The maximum Gasteiger partial charge on any atom is 0.279 e. The van der Waals surface area contributed by atoms with Gasteiger partial charge < -0.3 is 19.1 Å². The zero-order valence-electron chi connectivity index (χ0n) is 17.2. The van der Waals surface area contributed by atoms with E-state index in [4.69, 9.17) is 14.2 Å². The predicted octanol–water partition coefficient (Wildman–Crippen LogP) is 2.37. The van der Waals surface area contributed by atoms with Crippen molar-refractivity contribution in [3.63, 3.8) is 0 Å². The molecular formula is C23H23N3O5. The molecule has 0 radical (unpaired) electrons. The Labute approximate surface area is 178 Å². The van der Waals surface area contributed by atoms with E-state index in [1.54, 1.807) is 47.4 Å². The Morgan fingerprint density at radius 3 is 2.35 bits per heavy atom. The molecule has 2 fully saturated rings. The Hall–Kier alpha value is -3.23. The van der Waals surface area contributed by atoms with Crippen LogP contribution in [0.3, 0.4) is 0 Å². The average Bonchev–Trinajstić information content (AvgIpc) is 3.27. The highest BCUT2D eigenvalue weighted by atomic mass is 16.7. The van der Waals surface area contributed by atoms with E-state index in [9.17, 15) is 9.59 Å². The fourth-order valence-electron chi connectivity index (χ4n) is 4.30. The first kappa shape index (κ1) is 19.7. The molecule has 160 valence electrons. The highest BCUT2D eigenvalue weighted by molar-refractivity contribution is 6.04. The molecule has 2 aromatic carbocycles. The van der Waals surface area contributed by atoms with Gasteiger partial charge in [0.15, 0.2) is 11.5 Å². The SMILES string of the molecule is COc1ccccc1-n1nc(C(=O)N2CCC3(CC2)OCCO3)c2ccccc2c1=O. The summed E-state index contributed by atoms with van der Waals surface area (Å²) in [5, 5.41) is 5.49. The van der Waals surface area contributed by atoms with Crippen LogP contribution >= 0.6 is 0 Å². The summed E-state index contributed by atoms with van der Waals surface area (Å²) in [4.78, 5) is 28.5. The molecule has 0 unspecified atom stereocenters. The molecule has 0 aliphatic carbocycles. The predicted molar refractivity (Wildman–Crippen MR) is 114 cm³/mol. The molecule has 0 bridgehead atoms. The van der Waals surface area contributed by atoms with Crippen LogP contribution in [0, 0.1) is 0 Å². The van der Waals surface area contributed by atoms with Gasteiger partial charge in [-0.25, -0.2) is 0 Å². The van der Waals surface area contributed by atoms with Gasteiger partial charge >= 0.3 is 0 Å². The maximum absolute atomic E-state index is 13.5. The summed E-state index contributed by atoms with van der Waals surface area (Å²) in [6.45, 7) is 2.18. The summed E-state index contributed by atoms with van der Waals surface area (Å²) in [7, 11) is 1.54. The minimum atomic E-state index is -0.567. The van der Waals surface area contributed by atoms with Crippen molar-refractivity contribution in [1.29, 1.82) is 0 Å². The molecule has 2 aliphatic heterocycles. The number of ether oxygens (including phenoxy) is 3. The Kier molecular flexibility index (Phi) is 4.95. The van der Waals surface area contributed by atoms with E-state index in [0.29, 0.717) is 61.4 Å². The molecule has 3 aromatic rings. The molecule has 0 N–H and O–H groups in total. The van der Waals surface area contributed by atoms with Crippen LogP contribution in [0.4, 0.5) is 0 Å². The van der Waals surface area contributed by atoms with Gasteiger partial charge in [-0.05, 0) is 18.2 Å². The molecule has 0 atom stereocenters. The molecule has 1 spiro atoms. The topological polar surface area (TPSA) is 82.9 Å². The van der Waals surface area contributed by atoms with Crippen LogP contribution in [-0.4, -0.2) is 59.8 Å². The Morgan fingerprint density at radius 1 is 1.00 bits per heavy atom. The molecule has 0 saturated carbocycles. The van der Waals surface area contributed by atoms with Crippen LogP contribution in [0.15, 0.2) is 53.3 Å². The highest BCUT2D eigenvalue weighted by Crippen LogP contribution is 2.32.